The number of carbonyl (C=O) groups excluding carboxylic acids is 1. The number of ether oxygens (including phenoxy) is 2. The van der Waals surface area contributed by atoms with Gasteiger partial charge in [-0.3, -0.25) is 9.00 Å². The molecule has 0 fully saturated rings. The second-order valence-electron chi connectivity index (χ2n) is 7.02. The minimum absolute atomic E-state index is 0.102. The lowest BCUT2D eigenvalue weighted by Gasteiger charge is -2.14. The Balaban J connectivity index is 1.63. The molecule has 2 aromatic carbocycles. The van der Waals surface area contributed by atoms with Crippen molar-refractivity contribution < 1.29 is 22.9 Å². The summed E-state index contributed by atoms with van der Waals surface area (Å²) in [4.78, 5) is 16.8. The van der Waals surface area contributed by atoms with E-state index in [9.17, 15) is 9.00 Å². The first-order chi connectivity index (χ1) is 14.9. The summed E-state index contributed by atoms with van der Waals surface area (Å²) in [5, 5.41) is 2.88. The minimum atomic E-state index is -1.42. The van der Waals surface area contributed by atoms with Gasteiger partial charge in [-0.15, -0.1) is 0 Å². The van der Waals surface area contributed by atoms with Crippen LogP contribution in [0, 0.1) is 6.92 Å². The molecule has 3 rings (SSSR count). The van der Waals surface area contributed by atoms with Crippen molar-refractivity contribution in [2.75, 3.05) is 20.0 Å². The van der Waals surface area contributed by atoms with Gasteiger partial charge in [-0.2, -0.15) is 0 Å². The molecule has 0 unspecified atom stereocenters. The maximum absolute atomic E-state index is 12.6. The van der Waals surface area contributed by atoms with Crippen LogP contribution >= 0.6 is 0 Å². The molecule has 3 aromatic rings. The Morgan fingerprint density at radius 3 is 2.52 bits per heavy atom. The third kappa shape index (κ3) is 5.73. The van der Waals surface area contributed by atoms with Crippen molar-refractivity contribution in [3.63, 3.8) is 0 Å². The number of carbonyl (C=O) groups is 1. The molecule has 7 nitrogen and oxygen atoms in total. The summed E-state index contributed by atoms with van der Waals surface area (Å²) in [6.07, 6.45) is 0. The number of methoxy groups -OCH3 is 2. The average molecular weight is 443 g/mol. The van der Waals surface area contributed by atoms with Crippen molar-refractivity contribution in [3.05, 3.63) is 65.5 Å². The first-order valence-electron chi connectivity index (χ1n) is 9.79. The number of amides is 1. The molecule has 0 radical (unpaired) electrons. The normalized spacial score (nSPS) is 12.8. The van der Waals surface area contributed by atoms with Crippen LogP contribution in [-0.4, -0.2) is 35.1 Å². The summed E-state index contributed by atoms with van der Waals surface area (Å²) in [6, 6.07) is 14.8. The van der Waals surface area contributed by atoms with E-state index in [1.165, 1.54) is 0 Å². The Bertz CT molecular complexity index is 1070. The van der Waals surface area contributed by atoms with Crippen LogP contribution < -0.4 is 14.8 Å². The number of hydrogen-bond donors (Lipinski definition) is 1. The van der Waals surface area contributed by atoms with Gasteiger partial charge in [-0.25, -0.2) is 4.98 Å². The number of aromatic nitrogens is 1. The summed E-state index contributed by atoms with van der Waals surface area (Å²) in [5.41, 5.74) is 2.27. The van der Waals surface area contributed by atoms with Crippen LogP contribution in [-0.2, 0) is 21.3 Å². The maximum Gasteiger partial charge on any atom is 0.233 e. The molecular weight excluding hydrogens is 416 g/mol. The Labute approximate surface area is 184 Å². The second-order valence-corrected chi connectivity index (χ2v) is 8.48. The molecule has 0 saturated heterocycles. The van der Waals surface area contributed by atoms with E-state index in [2.05, 4.69) is 10.3 Å². The topological polar surface area (TPSA) is 90.7 Å². The molecule has 8 heteroatoms. The van der Waals surface area contributed by atoms with E-state index in [0.717, 1.165) is 5.56 Å². The van der Waals surface area contributed by atoms with Crippen molar-refractivity contribution in [1.82, 2.24) is 10.3 Å². The smallest absolute Gasteiger partial charge is 0.233 e. The third-order valence-electron chi connectivity index (χ3n) is 4.79. The van der Waals surface area contributed by atoms with Crippen LogP contribution in [0.25, 0.3) is 11.5 Å². The van der Waals surface area contributed by atoms with E-state index in [1.54, 1.807) is 33.3 Å². The Morgan fingerprint density at radius 2 is 1.84 bits per heavy atom. The largest absolute Gasteiger partial charge is 0.493 e. The molecule has 31 heavy (non-hydrogen) atoms. The highest BCUT2D eigenvalue weighted by molar-refractivity contribution is 7.84. The van der Waals surface area contributed by atoms with Crippen molar-refractivity contribution in [1.29, 1.82) is 0 Å². The minimum Gasteiger partial charge on any atom is -0.493 e. The molecule has 2 atom stereocenters. The highest BCUT2D eigenvalue weighted by Gasteiger charge is 2.18. The quantitative estimate of drug-likeness (QED) is 0.542. The average Bonchev–Trinajstić information content (AvgIpc) is 3.13. The van der Waals surface area contributed by atoms with Crippen molar-refractivity contribution in [3.8, 4) is 23.0 Å². The maximum atomic E-state index is 12.6. The zero-order valence-corrected chi connectivity index (χ0v) is 18.8. The van der Waals surface area contributed by atoms with Crippen LogP contribution in [0.3, 0.4) is 0 Å². The van der Waals surface area contributed by atoms with Gasteiger partial charge in [-0.1, -0.05) is 30.3 Å². The zero-order valence-electron chi connectivity index (χ0n) is 18.0. The summed E-state index contributed by atoms with van der Waals surface area (Å²) < 4.78 is 28.9. The number of hydrogen-bond acceptors (Lipinski definition) is 6. The molecule has 0 bridgehead atoms. The molecule has 0 spiro atoms. The van der Waals surface area contributed by atoms with Gasteiger partial charge in [0.25, 0.3) is 0 Å². The number of rotatable bonds is 9. The van der Waals surface area contributed by atoms with Gasteiger partial charge < -0.3 is 19.2 Å². The molecule has 0 aliphatic heterocycles. The lowest BCUT2D eigenvalue weighted by Crippen LogP contribution is -2.31. The summed E-state index contributed by atoms with van der Waals surface area (Å²) in [7, 11) is 1.71. The summed E-state index contributed by atoms with van der Waals surface area (Å²) in [5.74, 6) is 1.89. The predicted molar refractivity (Wildman–Crippen MR) is 119 cm³/mol. The number of aryl methyl sites for hydroxylation is 1. The van der Waals surface area contributed by atoms with E-state index in [1.807, 2.05) is 43.3 Å². The summed E-state index contributed by atoms with van der Waals surface area (Å²) in [6.45, 7) is 3.66. The molecular formula is C23H26N2O5S. The Kier molecular flexibility index (Phi) is 7.46. The highest BCUT2D eigenvalue weighted by Crippen LogP contribution is 2.32. The van der Waals surface area contributed by atoms with Gasteiger partial charge in [0.05, 0.1) is 31.7 Å². The summed E-state index contributed by atoms with van der Waals surface area (Å²) >= 11 is 0. The van der Waals surface area contributed by atoms with Crippen molar-refractivity contribution >= 4 is 16.7 Å². The first kappa shape index (κ1) is 22.6. The second kappa shape index (κ2) is 10.3. The van der Waals surface area contributed by atoms with Crippen LogP contribution in [0.4, 0.5) is 0 Å². The van der Waals surface area contributed by atoms with Crippen LogP contribution in [0.5, 0.6) is 11.5 Å². The number of benzene rings is 2. The molecule has 0 aliphatic carbocycles. The SMILES string of the molecule is COc1ccc(-c2nc(C[S@](=O)CC(=O)N[C@@H](C)c3ccccc3)c(C)o2)cc1OC. The van der Waals surface area contributed by atoms with E-state index < -0.39 is 10.8 Å². The molecule has 1 heterocycles. The lowest BCUT2D eigenvalue weighted by atomic mass is 10.1. The van der Waals surface area contributed by atoms with Gasteiger partial charge in [0.15, 0.2) is 11.5 Å². The molecule has 1 amide bonds. The van der Waals surface area contributed by atoms with Gasteiger partial charge >= 0.3 is 0 Å². The fourth-order valence-electron chi connectivity index (χ4n) is 3.11. The lowest BCUT2D eigenvalue weighted by molar-refractivity contribution is -0.119. The fourth-order valence-corrected chi connectivity index (χ4v) is 4.16. The fraction of sp³-hybridized carbons (Fsp3) is 0.304. The van der Waals surface area contributed by atoms with Crippen LogP contribution in [0.1, 0.15) is 30.0 Å². The van der Waals surface area contributed by atoms with Gasteiger partial charge in [-0.05, 0) is 37.6 Å². The predicted octanol–water partition coefficient (Wildman–Crippen LogP) is 3.79. The third-order valence-corrected chi connectivity index (χ3v) is 5.97. The number of nitrogens with one attached hydrogen (secondary N) is 1. The van der Waals surface area contributed by atoms with Crippen LogP contribution in [0.15, 0.2) is 52.9 Å². The Morgan fingerprint density at radius 1 is 1.13 bits per heavy atom. The standard InChI is InChI=1S/C23H26N2O5S/c1-15(17-8-6-5-7-9-17)24-22(26)14-31(27)13-19-16(2)30-23(25-19)18-10-11-20(28-3)21(12-18)29-4/h5-12,15H,13-14H2,1-4H3,(H,24,26)/t15-,31-/m0/s1. The molecule has 164 valence electrons. The monoisotopic (exact) mass is 442 g/mol. The van der Waals surface area contributed by atoms with Crippen LogP contribution in [0.2, 0.25) is 0 Å². The number of nitrogens with zero attached hydrogens (tertiary/aromatic N) is 1. The molecule has 0 aliphatic rings. The van der Waals surface area contributed by atoms with Gasteiger partial charge in [0.1, 0.15) is 11.5 Å². The van der Waals surface area contributed by atoms with Gasteiger partial charge in [0.2, 0.25) is 11.8 Å². The molecule has 0 saturated carbocycles. The van der Waals surface area contributed by atoms with E-state index in [0.29, 0.717) is 34.4 Å². The van der Waals surface area contributed by atoms with Crippen molar-refractivity contribution in [2.24, 2.45) is 0 Å². The van der Waals surface area contributed by atoms with E-state index in [-0.39, 0.29) is 23.5 Å². The Hall–Kier alpha value is -3.13. The van der Waals surface area contributed by atoms with Gasteiger partial charge in [0, 0.05) is 16.4 Å². The molecule has 1 N–H and O–H groups in total. The van der Waals surface area contributed by atoms with E-state index >= 15 is 0 Å². The highest BCUT2D eigenvalue weighted by atomic mass is 32.2. The number of oxazole rings is 1. The molecule has 1 aromatic heterocycles. The van der Waals surface area contributed by atoms with Crippen molar-refractivity contribution in [2.45, 2.75) is 25.6 Å². The zero-order chi connectivity index (χ0) is 22.4. The first-order valence-corrected chi connectivity index (χ1v) is 11.3. The van der Waals surface area contributed by atoms with E-state index in [4.69, 9.17) is 13.9 Å².